The lowest BCUT2D eigenvalue weighted by Crippen LogP contribution is -2.46. The minimum Gasteiger partial charge on any atom is -0.368 e. The van der Waals surface area contributed by atoms with Gasteiger partial charge in [-0.3, -0.25) is 9.69 Å². The molecule has 0 aliphatic carbocycles. The zero-order valence-electron chi connectivity index (χ0n) is 17.8. The molecule has 9 heteroatoms. The second kappa shape index (κ2) is 8.16. The van der Waals surface area contributed by atoms with E-state index in [4.69, 9.17) is 0 Å². The molecule has 164 valence electrons. The molecule has 0 bridgehead atoms. The van der Waals surface area contributed by atoms with Gasteiger partial charge in [0.2, 0.25) is 5.91 Å². The van der Waals surface area contributed by atoms with Crippen LogP contribution < -0.4 is 5.32 Å². The van der Waals surface area contributed by atoms with Crippen LogP contribution in [0.1, 0.15) is 65.1 Å². The van der Waals surface area contributed by atoms with Crippen LogP contribution in [0.25, 0.3) is 0 Å². The van der Waals surface area contributed by atoms with Crippen LogP contribution in [0.2, 0.25) is 0 Å². The van der Waals surface area contributed by atoms with Crippen LogP contribution in [0.15, 0.2) is 6.07 Å². The third kappa shape index (κ3) is 4.70. The second-order valence-electron chi connectivity index (χ2n) is 8.95. The number of amides is 1. The van der Waals surface area contributed by atoms with Crippen molar-refractivity contribution in [3.05, 3.63) is 11.8 Å². The lowest BCUT2D eigenvalue weighted by atomic mass is 10.0. The maximum absolute atomic E-state index is 13.5. The van der Waals surface area contributed by atoms with Crippen LogP contribution in [0.3, 0.4) is 0 Å². The average Bonchev–Trinajstić information content (AvgIpc) is 3.18. The summed E-state index contributed by atoms with van der Waals surface area (Å²) in [7, 11) is 0. The molecule has 1 N–H and O–H groups in total. The monoisotopic (exact) mass is 415 g/mol. The van der Waals surface area contributed by atoms with Crippen molar-refractivity contribution in [2.24, 2.45) is 0 Å². The van der Waals surface area contributed by atoms with E-state index in [0.717, 1.165) is 17.6 Å². The van der Waals surface area contributed by atoms with Gasteiger partial charge >= 0.3 is 6.18 Å². The quantitative estimate of drug-likeness (QED) is 0.798. The third-order valence-corrected chi connectivity index (χ3v) is 5.85. The van der Waals surface area contributed by atoms with Crippen molar-refractivity contribution in [3.8, 4) is 0 Å². The molecular formula is C20H32F3N5O. The molecule has 2 aliphatic rings. The highest BCUT2D eigenvalue weighted by Gasteiger charge is 2.46. The molecule has 1 aromatic rings. The Kier molecular flexibility index (Phi) is 6.17. The maximum atomic E-state index is 13.5. The first-order valence-corrected chi connectivity index (χ1v) is 10.4. The van der Waals surface area contributed by atoms with Gasteiger partial charge in [-0.1, -0.05) is 0 Å². The topological polar surface area (TPSA) is 53.4 Å². The summed E-state index contributed by atoms with van der Waals surface area (Å²) in [5.41, 5.74) is 0.676. The molecule has 29 heavy (non-hydrogen) atoms. The maximum Gasteiger partial charge on any atom is 0.410 e. The standard InChI is InChI=1S/C20H32F3N5O/c1-12(2)27(13(3)4)19(29)11-26-7-6-15(10-26)16-9-18-24-14(5)8-17(20(21,22)23)28(18)25-16/h9,12-15,17,24H,6-8,10-11H2,1-5H3/t14-,15+,17-/m1/s1. The number of hydrogen-bond donors (Lipinski definition) is 1. The number of hydrogen-bond acceptors (Lipinski definition) is 4. The van der Waals surface area contributed by atoms with E-state index in [9.17, 15) is 18.0 Å². The van der Waals surface area contributed by atoms with Crippen LogP contribution in [-0.2, 0) is 4.79 Å². The third-order valence-electron chi connectivity index (χ3n) is 5.85. The fourth-order valence-electron chi connectivity index (χ4n) is 4.64. The number of anilines is 1. The molecule has 0 saturated carbocycles. The van der Waals surface area contributed by atoms with Crippen LogP contribution in [0.5, 0.6) is 0 Å². The van der Waals surface area contributed by atoms with Crippen molar-refractivity contribution in [1.82, 2.24) is 19.6 Å². The molecule has 1 amide bonds. The van der Waals surface area contributed by atoms with Gasteiger partial charge in [-0.25, -0.2) is 4.68 Å². The number of rotatable bonds is 5. The summed E-state index contributed by atoms with van der Waals surface area (Å²) in [6.07, 6.45) is -3.55. The lowest BCUT2D eigenvalue weighted by Gasteiger charge is -2.32. The highest BCUT2D eigenvalue weighted by atomic mass is 19.4. The number of halogens is 3. The molecular weight excluding hydrogens is 383 g/mol. The Morgan fingerprint density at radius 1 is 1.31 bits per heavy atom. The van der Waals surface area contributed by atoms with Gasteiger partial charge < -0.3 is 10.2 Å². The van der Waals surface area contributed by atoms with E-state index in [1.54, 1.807) is 13.0 Å². The Balaban J connectivity index is 1.69. The first kappa shape index (κ1) is 21.9. The summed E-state index contributed by atoms with van der Waals surface area (Å²) in [5.74, 6) is 0.562. The summed E-state index contributed by atoms with van der Waals surface area (Å²) >= 11 is 0. The van der Waals surface area contributed by atoms with Crippen molar-refractivity contribution in [2.45, 2.75) is 83.7 Å². The molecule has 2 aliphatic heterocycles. The van der Waals surface area contributed by atoms with Crippen LogP contribution in [0, 0.1) is 0 Å². The molecule has 1 aromatic heterocycles. The first-order chi connectivity index (χ1) is 13.5. The smallest absolute Gasteiger partial charge is 0.368 e. The van der Waals surface area contributed by atoms with E-state index in [1.807, 2.05) is 32.6 Å². The Morgan fingerprint density at radius 3 is 2.55 bits per heavy atom. The van der Waals surface area contributed by atoms with Crippen LogP contribution in [-0.4, -0.2) is 69.4 Å². The predicted octanol–water partition coefficient (Wildman–Crippen LogP) is 3.63. The van der Waals surface area contributed by atoms with E-state index in [0.29, 0.717) is 24.6 Å². The van der Waals surface area contributed by atoms with E-state index in [2.05, 4.69) is 15.3 Å². The van der Waals surface area contributed by atoms with E-state index in [-0.39, 0.29) is 36.4 Å². The van der Waals surface area contributed by atoms with Gasteiger partial charge in [-0.2, -0.15) is 18.3 Å². The van der Waals surface area contributed by atoms with E-state index < -0.39 is 12.2 Å². The van der Waals surface area contributed by atoms with Gasteiger partial charge in [0.05, 0.1) is 12.2 Å². The summed E-state index contributed by atoms with van der Waals surface area (Å²) in [6.45, 7) is 11.5. The van der Waals surface area contributed by atoms with Crippen molar-refractivity contribution in [2.75, 3.05) is 25.0 Å². The predicted molar refractivity (Wildman–Crippen MR) is 106 cm³/mol. The number of nitrogens with zero attached hydrogens (tertiary/aromatic N) is 4. The Hall–Kier alpha value is -1.77. The summed E-state index contributed by atoms with van der Waals surface area (Å²) in [5, 5.41) is 7.45. The average molecular weight is 416 g/mol. The van der Waals surface area contributed by atoms with Crippen molar-refractivity contribution in [1.29, 1.82) is 0 Å². The lowest BCUT2D eigenvalue weighted by molar-refractivity contribution is -0.173. The highest BCUT2D eigenvalue weighted by Crippen LogP contribution is 2.40. The van der Waals surface area contributed by atoms with Gasteiger partial charge in [0.25, 0.3) is 0 Å². The van der Waals surface area contributed by atoms with Gasteiger partial charge in [-0.15, -0.1) is 0 Å². The van der Waals surface area contributed by atoms with Crippen molar-refractivity contribution < 1.29 is 18.0 Å². The highest BCUT2D eigenvalue weighted by molar-refractivity contribution is 5.78. The molecule has 1 fully saturated rings. The zero-order chi connectivity index (χ0) is 21.5. The van der Waals surface area contributed by atoms with E-state index in [1.165, 1.54) is 0 Å². The number of likely N-dealkylation sites (tertiary alicyclic amines) is 1. The molecule has 0 radical (unpaired) electrons. The van der Waals surface area contributed by atoms with E-state index >= 15 is 0 Å². The SMILES string of the molecule is CC(C)N(C(=O)CN1CC[C@H](c2cc3n(n2)[C@@H](C(F)(F)F)C[C@@H](C)N3)C1)C(C)C. The number of carbonyl (C=O) groups is 1. The molecule has 0 spiro atoms. The minimum atomic E-state index is -4.32. The van der Waals surface area contributed by atoms with Gasteiger partial charge in [0.1, 0.15) is 5.82 Å². The molecule has 1 saturated heterocycles. The Bertz CT molecular complexity index is 722. The molecule has 3 atom stereocenters. The molecule has 3 rings (SSSR count). The van der Waals surface area contributed by atoms with Crippen LogP contribution >= 0.6 is 0 Å². The number of carbonyl (C=O) groups excluding carboxylic acids is 1. The van der Waals surface area contributed by atoms with Gasteiger partial charge in [0, 0.05) is 36.7 Å². The first-order valence-electron chi connectivity index (χ1n) is 10.4. The van der Waals surface area contributed by atoms with Gasteiger partial charge in [-0.05, 0) is 54.0 Å². The minimum absolute atomic E-state index is 0.0247. The number of fused-ring (bicyclic) bond motifs is 1. The summed E-state index contributed by atoms with van der Waals surface area (Å²) in [6, 6.07) is 0.168. The summed E-state index contributed by atoms with van der Waals surface area (Å²) < 4.78 is 41.5. The second-order valence-corrected chi connectivity index (χ2v) is 8.95. The normalized spacial score (nSPS) is 25.4. The summed E-state index contributed by atoms with van der Waals surface area (Å²) in [4.78, 5) is 16.7. The molecule has 0 aromatic carbocycles. The number of nitrogens with one attached hydrogen (secondary N) is 1. The Labute approximate surface area is 170 Å². The van der Waals surface area contributed by atoms with Gasteiger partial charge in [0.15, 0.2) is 6.04 Å². The molecule has 0 unspecified atom stereocenters. The Morgan fingerprint density at radius 2 is 1.97 bits per heavy atom. The largest absolute Gasteiger partial charge is 0.410 e. The van der Waals surface area contributed by atoms with Crippen LogP contribution in [0.4, 0.5) is 19.0 Å². The number of aromatic nitrogens is 2. The molecule has 3 heterocycles. The van der Waals surface area contributed by atoms with Crippen molar-refractivity contribution in [3.63, 3.8) is 0 Å². The number of alkyl halides is 3. The fourth-order valence-corrected chi connectivity index (χ4v) is 4.64. The molecule has 6 nitrogen and oxygen atoms in total. The zero-order valence-corrected chi connectivity index (χ0v) is 17.8. The van der Waals surface area contributed by atoms with Crippen molar-refractivity contribution >= 4 is 11.7 Å². The fraction of sp³-hybridized carbons (Fsp3) is 0.800.